The zero-order valence-electron chi connectivity index (χ0n) is 30.8. The Hall–Kier alpha value is -5.78. The lowest BCUT2D eigenvalue weighted by Gasteiger charge is -2.17. The third kappa shape index (κ3) is 10.7. The molecule has 0 saturated carbocycles. The summed E-state index contributed by atoms with van der Waals surface area (Å²) >= 11 is 0. The molecule has 0 radical (unpaired) electrons. The van der Waals surface area contributed by atoms with Crippen molar-refractivity contribution >= 4 is 30.0 Å². The van der Waals surface area contributed by atoms with E-state index in [1.807, 2.05) is 68.4 Å². The number of ether oxygens (including phenoxy) is 7. The van der Waals surface area contributed by atoms with Gasteiger partial charge in [0, 0.05) is 6.08 Å². The molecule has 2 aliphatic rings. The van der Waals surface area contributed by atoms with Gasteiger partial charge in [-0.15, -0.1) is 0 Å². The predicted molar refractivity (Wildman–Crippen MR) is 202 cm³/mol. The first-order valence-electron chi connectivity index (χ1n) is 18.5. The van der Waals surface area contributed by atoms with Crippen LogP contribution in [0.4, 0.5) is 0 Å². The van der Waals surface area contributed by atoms with Gasteiger partial charge in [-0.3, -0.25) is 4.79 Å². The van der Waals surface area contributed by atoms with Crippen molar-refractivity contribution in [3.63, 3.8) is 0 Å². The van der Waals surface area contributed by atoms with Crippen molar-refractivity contribution in [1.29, 1.82) is 0 Å². The van der Waals surface area contributed by atoms with E-state index in [1.165, 1.54) is 30.3 Å². The van der Waals surface area contributed by atoms with E-state index in [4.69, 9.17) is 33.2 Å². The van der Waals surface area contributed by atoms with Crippen LogP contribution >= 0.6 is 0 Å². The monoisotopic (exact) mass is 748 g/mol. The zero-order chi connectivity index (χ0) is 38.6. The molecule has 0 bridgehead atoms. The minimum atomic E-state index is -0.691. The minimum Gasteiger partial charge on any atom is -0.494 e. The standard InChI is InChI=1S/C44H44O11/c1-3-29(2)42(46)50-26-8-7-25-49-35-20-16-33(17-21-35)43(47)53-36-22-18-34(19-23-36)44(48)55-38-28-52-40-37(27-51-41(38)40)54-39(45)24-13-30-11-14-32(15-12-30)31-9-5-4-6-10-31/h4-6,9-24,29,37-38,40-41H,3,7-8,25-28H2,1-2H3/b24-13+/t29?,37-,38+,40+,41+/m0/s1. The first-order chi connectivity index (χ1) is 26.8. The van der Waals surface area contributed by atoms with Crippen LogP contribution in [0.15, 0.2) is 109 Å². The van der Waals surface area contributed by atoms with Crippen LogP contribution in [0.2, 0.25) is 0 Å². The fraction of sp³-hybridized carbons (Fsp3) is 0.318. The molecule has 11 heteroatoms. The molecule has 0 aliphatic carbocycles. The van der Waals surface area contributed by atoms with Gasteiger partial charge in [-0.05, 0) is 90.6 Å². The second kappa shape index (κ2) is 19.0. The van der Waals surface area contributed by atoms with Crippen LogP contribution in [0.25, 0.3) is 17.2 Å². The van der Waals surface area contributed by atoms with Crippen LogP contribution in [0, 0.1) is 5.92 Å². The summed E-state index contributed by atoms with van der Waals surface area (Å²) in [5, 5.41) is 0. The number of carbonyl (C=O) groups excluding carboxylic acids is 4. The van der Waals surface area contributed by atoms with Gasteiger partial charge in [-0.25, -0.2) is 14.4 Å². The molecule has 5 atom stereocenters. The summed E-state index contributed by atoms with van der Waals surface area (Å²) in [4.78, 5) is 50.1. The molecule has 2 aliphatic heterocycles. The van der Waals surface area contributed by atoms with E-state index in [0.29, 0.717) is 37.4 Å². The van der Waals surface area contributed by atoms with Crippen LogP contribution in [0.5, 0.6) is 11.5 Å². The lowest BCUT2D eigenvalue weighted by Crippen LogP contribution is -2.35. The van der Waals surface area contributed by atoms with Crippen molar-refractivity contribution in [3.8, 4) is 22.6 Å². The van der Waals surface area contributed by atoms with Crippen molar-refractivity contribution in [1.82, 2.24) is 0 Å². The molecule has 2 saturated heterocycles. The lowest BCUT2D eigenvalue weighted by atomic mass is 10.0. The Morgan fingerprint density at radius 1 is 0.691 bits per heavy atom. The highest BCUT2D eigenvalue weighted by Crippen LogP contribution is 2.31. The second-order valence-electron chi connectivity index (χ2n) is 13.3. The summed E-state index contributed by atoms with van der Waals surface area (Å²) in [7, 11) is 0. The third-order valence-corrected chi connectivity index (χ3v) is 9.38. The molecule has 286 valence electrons. The summed E-state index contributed by atoms with van der Waals surface area (Å²) in [6.45, 7) is 4.81. The molecule has 0 N–H and O–H groups in total. The van der Waals surface area contributed by atoms with Gasteiger partial charge in [-0.2, -0.15) is 0 Å². The number of rotatable bonds is 16. The fourth-order valence-corrected chi connectivity index (χ4v) is 5.99. The van der Waals surface area contributed by atoms with Gasteiger partial charge >= 0.3 is 23.9 Å². The Kier molecular flexibility index (Phi) is 13.5. The predicted octanol–water partition coefficient (Wildman–Crippen LogP) is 7.27. The minimum absolute atomic E-state index is 0.0912. The molecular weight excluding hydrogens is 704 g/mol. The van der Waals surface area contributed by atoms with Gasteiger partial charge in [0.15, 0.2) is 12.2 Å². The smallest absolute Gasteiger partial charge is 0.343 e. The average Bonchev–Trinajstić information content (AvgIpc) is 3.81. The van der Waals surface area contributed by atoms with Crippen molar-refractivity contribution in [2.24, 2.45) is 5.92 Å². The SMILES string of the molecule is CCC(C)C(=O)OCCCCOc1ccc(C(=O)Oc2ccc(C(=O)O[C@@H]3CO[C@H]4[C@@H]3OC[C@@H]4OC(=O)/C=C/c3ccc(-c4ccccc4)cc3)cc2)cc1. The van der Waals surface area contributed by atoms with E-state index in [1.54, 1.807) is 30.3 Å². The Morgan fingerprint density at radius 2 is 1.27 bits per heavy atom. The van der Waals surface area contributed by atoms with Crippen LogP contribution in [-0.4, -0.2) is 74.7 Å². The maximum atomic E-state index is 13.0. The quantitative estimate of drug-likeness (QED) is 0.0377. The van der Waals surface area contributed by atoms with E-state index in [-0.39, 0.29) is 36.4 Å². The zero-order valence-corrected chi connectivity index (χ0v) is 30.8. The van der Waals surface area contributed by atoms with E-state index in [0.717, 1.165) is 23.1 Å². The fourth-order valence-electron chi connectivity index (χ4n) is 5.99. The van der Waals surface area contributed by atoms with Crippen molar-refractivity contribution in [3.05, 3.63) is 126 Å². The lowest BCUT2D eigenvalue weighted by molar-refractivity contribution is -0.148. The summed E-state index contributed by atoms with van der Waals surface area (Å²) in [5.41, 5.74) is 3.62. The summed E-state index contributed by atoms with van der Waals surface area (Å²) in [6, 6.07) is 30.5. The Morgan fingerprint density at radius 3 is 1.93 bits per heavy atom. The molecule has 6 rings (SSSR count). The van der Waals surface area contributed by atoms with Crippen molar-refractivity contribution in [2.45, 2.75) is 57.5 Å². The van der Waals surface area contributed by atoms with Crippen molar-refractivity contribution < 1.29 is 52.3 Å². The van der Waals surface area contributed by atoms with E-state index >= 15 is 0 Å². The first-order valence-corrected chi connectivity index (χ1v) is 18.5. The van der Waals surface area contributed by atoms with Gasteiger partial charge in [0.05, 0.1) is 43.5 Å². The third-order valence-electron chi connectivity index (χ3n) is 9.38. The highest BCUT2D eigenvalue weighted by molar-refractivity contribution is 5.92. The molecule has 11 nitrogen and oxygen atoms in total. The van der Waals surface area contributed by atoms with Gasteiger partial charge in [-0.1, -0.05) is 68.4 Å². The van der Waals surface area contributed by atoms with Gasteiger partial charge in [0.2, 0.25) is 0 Å². The van der Waals surface area contributed by atoms with Crippen LogP contribution < -0.4 is 9.47 Å². The van der Waals surface area contributed by atoms with Gasteiger partial charge in [0.1, 0.15) is 23.7 Å². The maximum Gasteiger partial charge on any atom is 0.343 e. The highest BCUT2D eigenvalue weighted by Gasteiger charge is 2.51. The number of carbonyl (C=O) groups is 4. The van der Waals surface area contributed by atoms with E-state index < -0.39 is 42.3 Å². The normalized spacial score (nSPS) is 19.3. The van der Waals surface area contributed by atoms with Gasteiger partial charge < -0.3 is 33.2 Å². The number of unbranched alkanes of at least 4 members (excludes halogenated alkanes) is 1. The average molecular weight is 749 g/mol. The topological polar surface area (TPSA) is 133 Å². The molecule has 4 aromatic carbocycles. The molecule has 55 heavy (non-hydrogen) atoms. The van der Waals surface area contributed by atoms with E-state index in [2.05, 4.69) is 0 Å². The number of benzene rings is 4. The number of fused-ring (bicyclic) bond motifs is 1. The number of esters is 4. The summed E-state index contributed by atoms with van der Waals surface area (Å²) < 4.78 is 39.4. The molecule has 0 spiro atoms. The van der Waals surface area contributed by atoms with Crippen LogP contribution in [-0.2, 0) is 33.3 Å². The second-order valence-corrected chi connectivity index (χ2v) is 13.3. The van der Waals surface area contributed by atoms with Crippen LogP contribution in [0.1, 0.15) is 59.4 Å². The molecule has 1 unspecified atom stereocenters. The molecular formula is C44H44O11. The Balaban J connectivity index is 0.902. The molecule has 0 amide bonds. The molecule has 4 aromatic rings. The summed E-state index contributed by atoms with van der Waals surface area (Å²) in [5.74, 6) is -1.12. The largest absolute Gasteiger partial charge is 0.494 e. The van der Waals surface area contributed by atoms with Crippen LogP contribution in [0.3, 0.4) is 0 Å². The molecule has 2 heterocycles. The molecule has 2 fully saturated rings. The number of hydrogen-bond acceptors (Lipinski definition) is 11. The first kappa shape index (κ1) is 38.9. The summed E-state index contributed by atoms with van der Waals surface area (Å²) in [6.07, 6.45) is 2.72. The Bertz CT molecular complexity index is 1920. The number of hydrogen-bond donors (Lipinski definition) is 0. The van der Waals surface area contributed by atoms with Crippen molar-refractivity contribution in [2.75, 3.05) is 26.4 Å². The Labute approximate surface area is 320 Å². The molecule has 0 aromatic heterocycles. The van der Waals surface area contributed by atoms with Gasteiger partial charge in [0.25, 0.3) is 0 Å². The highest BCUT2D eigenvalue weighted by atomic mass is 16.7. The van der Waals surface area contributed by atoms with E-state index in [9.17, 15) is 19.2 Å². The maximum absolute atomic E-state index is 13.0.